The number of fused-ring (bicyclic) bond motifs is 1. The van der Waals surface area contributed by atoms with Gasteiger partial charge in [-0.1, -0.05) is 63.6 Å². The summed E-state index contributed by atoms with van der Waals surface area (Å²) in [6.45, 7) is 6.73. The van der Waals surface area contributed by atoms with Crippen molar-refractivity contribution in [3.63, 3.8) is 0 Å². The van der Waals surface area contributed by atoms with E-state index in [2.05, 4.69) is 20.8 Å². The van der Waals surface area contributed by atoms with Gasteiger partial charge in [-0.05, 0) is 47.4 Å². The zero-order valence-electron chi connectivity index (χ0n) is 14.3. The van der Waals surface area contributed by atoms with Gasteiger partial charge in [-0.3, -0.25) is 0 Å². The van der Waals surface area contributed by atoms with Gasteiger partial charge in [0, 0.05) is 0 Å². The van der Waals surface area contributed by atoms with Crippen LogP contribution in [0.5, 0.6) is 0 Å². The zero-order valence-corrected chi connectivity index (χ0v) is 14.3. The van der Waals surface area contributed by atoms with Gasteiger partial charge >= 0.3 is 5.97 Å². The molecular formula is C21H26O2. The number of carbonyl (C=O) groups is 1. The Morgan fingerprint density at radius 3 is 2.61 bits per heavy atom. The molecule has 0 bridgehead atoms. The summed E-state index contributed by atoms with van der Waals surface area (Å²) in [6.07, 6.45) is 3.43. The van der Waals surface area contributed by atoms with Crippen LogP contribution in [0.3, 0.4) is 0 Å². The summed E-state index contributed by atoms with van der Waals surface area (Å²) in [5, 5.41) is 2.06. The fourth-order valence-electron chi connectivity index (χ4n) is 3.85. The molecular weight excluding hydrogens is 284 g/mol. The van der Waals surface area contributed by atoms with Crippen LogP contribution in [0.2, 0.25) is 0 Å². The number of hydrogen-bond donors (Lipinski definition) is 0. The first-order valence-corrected chi connectivity index (χ1v) is 8.75. The first-order valence-electron chi connectivity index (χ1n) is 8.75. The minimum absolute atomic E-state index is 0.0465. The average Bonchev–Trinajstić information content (AvgIpc) is 2.54. The highest BCUT2D eigenvalue weighted by Gasteiger charge is 2.33. The summed E-state index contributed by atoms with van der Waals surface area (Å²) in [5.74, 6) is 1.49. The SMILES string of the molecule is CC(C)[C@H]1CC[C@H](C)C[C@@H]1OC(=O)c1cccc2ccccc12. The Morgan fingerprint density at radius 1 is 1.09 bits per heavy atom. The minimum atomic E-state index is -0.174. The topological polar surface area (TPSA) is 26.3 Å². The number of benzene rings is 2. The average molecular weight is 310 g/mol. The zero-order chi connectivity index (χ0) is 16.4. The van der Waals surface area contributed by atoms with Crippen LogP contribution in [-0.4, -0.2) is 12.1 Å². The normalized spacial score (nSPS) is 24.8. The Bertz CT molecular complexity index is 684. The number of ether oxygens (including phenoxy) is 1. The van der Waals surface area contributed by atoms with E-state index < -0.39 is 0 Å². The van der Waals surface area contributed by atoms with Gasteiger partial charge in [0.2, 0.25) is 0 Å². The predicted molar refractivity (Wildman–Crippen MR) is 94.5 cm³/mol. The molecule has 0 N–H and O–H groups in total. The molecule has 23 heavy (non-hydrogen) atoms. The fraction of sp³-hybridized carbons (Fsp3) is 0.476. The standard InChI is InChI=1S/C21H26O2/c1-14(2)17-12-11-15(3)13-20(17)23-21(22)19-10-6-8-16-7-4-5-9-18(16)19/h4-10,14-15,17,20H,11-13H2,1-3H3/t15-,17+,20-/m0/s1. The van der Waals surface area contributed by atoms with Crippen molar-refractivity contribution in [1.29, 1.82) is 0 Å². The highest BCUT2D eigenvalue weighted by Crippen LogP contribution is 2.36. The second-order valence-corrected chi connectivity index (χ2v) is 7.30. The van der Waals surface area contributed by atoms with Crippen LogP contribution < -0.4 is 0 Å². The largest absolute Gasteiger partial charge is 0.458 e. The van der Waals surface area contributed by atoms with Gasteiger partial charge in [0.1, 0.15) is 6.10 Å². The summed E-state index contributed by atoms with van der Waals surface area (Å²) in [5.41, 5.74) is 0.684. The molecule has 0 heterocycles. The Kier molecular flexibility index (Phi) is 4.70. The molecule has 2 nitrogen and oxygen atoms in total. The van der Waals surface area contributed by atoms with Crippen LogP contribution >= 0.6 is 0 Å². The molecule has 1 fully saturated rings. The third kappa shape index (κ3) is 3.41. The van der Waals surface area contributed by atoms with Crippen molar-refractivity contribution in [3.8, 4) is 0 Å². The molecule has 1 aliphatic carbocycles. The molecule has 0 radical (unpaired) electrons. The van der Waals surface area contributed by atoms with Crippen LogP contribution in [0.4, 0.5) is 0 Å². The molecule has 122 valence electrons. The van der Waals surface area contributed by atoms with Crippen LogP contribution in [0.1, 0.15) is 50.4 Å². The third-order valence-electron chi connectivity index (χ3n) is 5.23. The van der Waals surface area contributed by atoms with Crippen LogP contribution in [0, 0.1) is 17.8 Å². The molecule has 2 heteroatoms. The summed E-state index contributed by atoms with van der Waals surface area (Å²) in [6, 6.07) is 13.8. The molecule has 0 saturated heterocycles. The molecule has 0 unspecified atom stereocenters. The van der Waals surface area contributed by atoms with Gasteiger partial charge in [0.25, 0.3) is 0 Å². The van der Waals surface area contributed by atoms with Crippen molar-refractivity contribution in [3.05, 3.63) is 48.0 Å². The van der Waals surface area contributed by atoms with Crippen molar-refractivity contribution in [2.75, 3.05) is 0 Å². The Balaban J connectivity index is 1.84. The van der Waals surface area contributed by atoms with E-state index in [9.17, 15) is 4.79 Å². The minimum Gasteiger partial charge on any atom is -0.458 e. The number of esters is 1. The molecule has 1 saturated carbocycles. The van der Waals surface area contributed by atoms with Gasteiger partial charge in [0.05, 0.1) is 5.56 Å². The molecule has 0 amide bonds. The van der Waals surface area contributed by atoms with Crippen molar-refractivity contribution >= 4 is 16.7 Å². The molecule has 0 aromatic heterocycles. The lowest BCUT2D eigenvalue weighted by atomic mass is 9.75. The van der Waals surface area contributed by atoms with E-state index in [0.29, 0.717) is 23.3 Å². The van der Waals surface area contributed by atoms with Gasteiger partial charge in [0.15, 0.2) is 0 Å². The lowest BCUT2D eigenvalue weighted by Crippen LogP contribution is -2.35. The second-order valence-electron chi connectivity index (χ2n) is 7.30. The quantitative estimate of drug-likeness (QED) is 0.704. The van der Waals surface area contributed by atoms with Gasteiger partial charge < -0.3 is 4.74 Å². The van der Waals surface area contributed by atoms with E-state index in [-0.39, 0.29) is 12.1 Å². The molecule has 3 atom stereocenters. The van der Waals surface area contributed by atoms with Crippen LogP contribution in [0.15, 0.2) is 42.5 Å². The van der Waals surface area contributed by atoms with E-state index in [1.54, 1.807) is 0 Å². The summed E-state index contributed by atoms with van der Waals surface area (Å²) < 4.78 is 5.99. The Morgan fingerprint density at radius 2 is 1.83 bits per heavy atom. The highest BCUT2D eigenvalue weighted by molar-refractivity contribution is 6.04. The van der Waals surface area contributed by atoms with Gasteiger partial charge in [-0.25, -0.2) is 4.79 Å². The fourth-order valence-corrected chi connectivity index (χ4v) is 3.85. The lowest BCUT2D eigenvalue weighted by Gasteiger charge is -2.36. The van der Waals surface area contributed by atoms with Crippen molar-refractivity contribution < 1.29 is 9.53 Å². The molecule has 0 aliphatic heterocycles. The number of rotatable bonds is 3. The molecule has 0 spiro atoms. The maximum Gasteiger partial charge on any atom is 0.339 e. The predicted octanol–water partition coefficient (Wildman–Crippen LogP) is 5.46. The van der Waals surface area contributed by atoms with Crippen LogP contribution in [0.25, 0.3) is 10.8 Å². The number of hydrogen-bond acceptors (Lipinski definition) is 2. The van der Waals surface area contributed by atoms with E-state index in [1.165, 1.54) is 6.42 Å². The smallest absolute Gasteiger partial charge is 0.339 e. The monoisotopic (exact) mass is 310 g/mol. The molecule has 2 aromatic carbocycles. The van der Waals surface area contributed by atoms with Gasteiger partial charge in [-0.2, -0.15) is 0 Å². The Labute approximate surface area is 138 Å². The van der Waals surface area contributed by atoms with Crippen molar-refractivity contribution in [2.24, 2.45) is 17.8 Å². The first-order chi connectivity index (χ1) is 11.1. The van der Waals surface area contributed by atoms with Gasteiger partial charge in [-0.15, -0.1) is 0 Å². The van der Waals surface area contributed by atoms with E-state index >= 15 is 0 Å². The van der Waals surface area contributed by atoms with Crippen molar-refractivity contribution in [2.45, 2.75) is 46.1 Å². The van der Waals surface area contributed by atoms with E-state index in [1.807, 2.05) is 42.5 Å². The molecule has 1 aliphatic rings. The maximum absolute atomic E-state index is 12.8. The molecule has 2 aromatic rings. The summed E-state index contributed by atoms with van der Waals surface area (Å²) in [7, 11) is 0. The van der Waals surface area contributed by atoms with E-state index in [4.69, 9.17) is 4.74 Å². The van der Waals surface area contributed by atoms with Crippen LogP contribution in [-0.2, 0) is 4.74 Å². The molecule has 3 rings (SSSR count). The third-order valence-corrected chi connectivity index (χ3v) is 5.23. The summed E-state index contributed by atoms with van der Waals surface area (Å²) in [4.78, 5) is 12.8. The Hall–Kier alpha value is -1.83. The maximum atomic E-state index is 12.8. The van der Waals surface area contributed by atoms with E-state index in [0.717, 1.165) is 23.6 Å². The second kappa shape index (κ2) is 6.74. The first kappa shape index (κ1) is 16.0. The number of carbonyl (C=O) groups excluding carboxylic acids is 1. The van der Waals surface area contributed by atoms with Crippen molar-refractivity contribution in [1.82, 2.24) is 0 Å². The highest BCUT2D eigenvalue weighted by atomic mass is 16.5. The summed E-state index contributed by atoms with van der Waals surface area (Å²) >= 11 is 0. The lowest BCUT2D eigenvalue weighted by molar-refractivity contribution is -0.0172.